The van der Waals surface area contributed by atoms with Crippen molar-refractivity contribution in [1.29, 1.82) is 0 Å². The number of rotatable bonds is 2. The fraction of sp³-hybridized carbons (Fsp3) is 1.00. The average Bonchev–Trinajstić information content (AvgIpc) is 2.40. The Labute approximate surface area is 143 Å². The van der Waals surface area contributed by atoms with Crippen LogP contribution in [0.4, 0.5) is 0 Å². The number of hydrogen-bond acceptors (Lipinski definition) is 7. The van der Waals surface area contributed by atoms with E-state index < -0.39 is 10.2 Å². The molecule has 2 aliphatic carbocycles. The Hall–Kier alpha value is -0.952. The van der Waals surface area contributed by atoms with Gasteiger partial charge < -0.3 is 36.0 Å². The van der Waals surface area contributed by atoms with Gasteiger partial charge in [-0.2, -0.15) is 0 Å². The fourth-order valence-corrected chi connectivity index (χ4v) is 2.87. The van der Waals surface area contributed by atoms with Crippen molar-refractivity contribution in [2.75, 3.05) is 0 Å². The molecule has 0 amide bonds. The molecule has 1 N–H and O–H groups in total. The molecule has 0 unspecified atom stereocenters. The van der Waals surface area contributed by atoms with E-state index in [0.29, 0.717) is 0 Å². The van der Waals surface area contributed by atoms with Crippen LogP contribution in [-0.4, -0.2) is 22.3 Å². The molecule has 0 radical (unpaired) electrons. The van der Waals surface area contributed by atoms with Crippen molar-refractivity contribution in [2.24, 2.45) is 0 Å². The summed E-state index contributed by atoms with van der Waals surface area (Å²) in [5.74, 6) is 0. The van der Waals surface area contributed by atoms with Gasteiger partial charge in [-0.1, -0.05) is 38.5 Å². The molecule has 0 aliphatic heterocycles. The molecule has 0 aromatic heterocycles. The van der Waals surface area contributed by atoms with E-state index in [1.54, 1.807) is 0 Å². The largest absolute Gasteiger partial charge is 2.00 e. The molecule has 0 heterocycles. The van der Waals surface area contributed by atoms with Crippen LogP contribution in [0.5, 0.6) is 0 Å². The van der Waals surface area contributed by atoms with Crippen LogP contribution in [0.3, 0.4) is 0 Å². The molecule has 22 heavy (non-hydrogen) atoms. The summed E-state index contributed by atoms with van der Waals surface area (Å²) >= 11 is 0. The van der Waals surface area contributed by atoms with Crippen molar-refractivity contribution >= 4 is 0 Å². The first-order chi connectivity index (χ1) is 9.91. The number of nitrogens with zero attached hydrogens (tertiary/aromatic N) is 2. The minimum Gasteiger partial charge on any atom is -0.356 e. The smallest absolute Gasteiger partial charge is 0.356 e. The zero-order chi connectivity index (χ0) is 16.1. The molecule has 0 aromatic carbocycles. The quantitative estimate of drug-likeness (QED) is 0.453. The van der Waals surface area contributed by atoms with E-state index in [-0.39, 0.29) is 21.1 Å². The van der Waals surface area contributed by atoms with Crippen LogP contribution < -0.4 is 5.32 Å². The SMILES string of the molecule is C1CCC(NC2CCCCC2)CC1.O=[N+]([O-])[O-].O=[N+]([O-])[O-].[Pt+2]. The average molecular weight is 500 g/mol. The molecule has 0 atom stereocenters. The molecule has 0 spiro atoms. The first-order valence-electron chi connectivity index (χ1n) is 7.31. The van der Waals surface area contributed by atoms with E-state index in [1.807, 2.05) is 0 Å². The van der Waals surface area contributed by atoms with Gasteiger partial charge in [0.1, 0.15) is 0 Å². The predicted molar refractivity (Wildman–Crippen MR) is 77.6 cm³/mol. The van der Waals surface area contributed by atoms with Gasteiger partial charge in [-0.3, -0.25) is 0 Å². The third kappa shape index (κ3) is 17.1. The maximum Gasteiger partial charge on any atom is 2.00 e. The molecule has 2 rings (SSSR count). The van der Waals surface area contributed by atoms with Crippen molar-refractivity contribution in [3.63, 3.8) is 0 Å². The van der Waals surface area contributed by atoms with E-state index in [2.05, 4.69) is 5.32 Å². The van der Waals surface area contributed by atoms with Crippen molar-refractivity contribution in [3.05, 3.63) is 30.6 Å². The van der Waals surface area contributed by atoms with Gasteiger partial charge in [-0.15, -0.1) is 0 Å². The molecule has 0 saturated heterocycles. The Morgan fingerprint density at radius 1 is 0.636 bits per heavy atom. The molecule has 2 fully saturated rings. The van der Waals surface area contributed by atoms with Crippen LogP contribution in [0.1, 0.15) is 64.2 Å². The fourth-order valence-electron chi connectivity index (χ4n) is 2.87. The van der Waals surface area contributed by atoms with Gasteiger partial charge in [-0.25, -0.2) is 0 Å². The maximum absolute atomic E-state index is 8.25. The second-order valence-electron chi connectivity index (χ2n) is 5.28. The van der Waals surface area contributed by atoms with Gasteiger partial charge >= 0.3 is 21.1 Å². The molecule has 10 heteroatoms. The number of hydrogen-bond donors (Lipinski definition) is 1. The van der Waals surface area contributed by atoms with Gasteiger partial charge in [-0.05, 0) is 25.7 Å². The van der Waals surface area contributed by atoms with Crippen molar-refractivity contribution in [1.82, 2.24) is 5.32 Å². The molecular weight excluding hydrogens is 477 g/mol. The molecule has 0 bridgehead atoms. The van der Waals surface area contributed by atoms with Crippen LogP contribution in [0.15, 0.2) is 0 Å². The minimum absolute atomic E-state index is 0. The summed E-state index contributed by atoms with van der Waals surface area (Å²) in [6, 6.07) is 1.74. The van der Waals surface area contributed by atoms with Crippen LogP contribution >= 0.6 is 0 Å². The van der Waals surface area contributed by atoms with Crippen molar-refractivity contribution in [2.45, 2.75) is 76.3 Å². The standard InChI is InChI=1S/C12H23N.2NO3.Pt/c1-3-7-11(8-4-1)13-12-9-5-2-6-10-12;2*2-1(3)4;/h11-13H,1-10H2;;;/q;2*-1;+2. The van der Waals surface area contributed by atoms with Crippen molar-refractivity contribution < 1.29 is 31.2 Å². The monoisotopic (exact) mass is 500 g/mol. The van der Waals surface area contributed by atoms with Crippen LogP contribution in [0.2, 0.25) is 0 Å². The van der Waals surface area contributed by atoms with Crippen molar-refractivity contribution in [3.8, 4) is 0 Å². The Kier molecular flexibility index (Phi) is 15.9. The molecule has 0 aromatic rings. The molecular formula is C12H23N3O6Pt. The third-order valence-electron chi connectivity index (χ3n) is 3.68. The van der Waals surface area contributed by atoms with E-state index in [1.165, 1.54) is 64.2 Å². The minimum atomic E-state index is -1.75. The van der Waals surface area contributed by atoms with Gasteiger partial charge in [0, 0.05) is 12.1 Å². The maximum atomic E-state index is 8.25. The van der Waals surface area contributed by atoms with E-state index in [4.69, 9.17) is 30.6 Å². The number of nitrogens with one attached hydrogen (secondary N) is 1. The summed E-state index contributed by atoms with van der Waals surface area (Å²) in [6.45, 7) is 0. The molecule has 2 saturated carbocycles. The first kappa shape index (κ1) is 23.3. The van der Waals surface area contributed by atoms with Crippen LogP contribution in [-0.2, 0) is 21.1 Å². The van der Waals surface area contributed by atoms with Crippen LogP contribution in [0, 0.1) is 30.6 Å². The first-order valence-corrected chi connectivity index (χ1v) is 7.31. The second-order valence-corrected chi connectivity index (χ2v) is 5.28. The Morgan fingerprint density at radius 2 is 0.864 bits per heavy atom. The molecule has 2 aliphatic rings. The normalized spacial score (nSPS) is 18.5. The summed E-state index contributed by atoms with van der Waals surface area (Å²) in [5.41, 5.74) is 0. The zero-order valence-corrected chi connectivity index (χ0v) is 14.7. The summed E-state index contributed by atoms with van der Waals surface area (Å²) in [5, 5.41) is 33.4. The Bertz CT molecular complexity index is 261. The summed E-state index contributed by atoms with van der Waals surface area (Å²) in [6.07, 6.45) is 14.6. The van der Waals surface area contributed by atoms with E-state index in [0.717, 1.165) is 12.1 Å². The van der Waals surface area contributed by atoms with Gasteiger partial charge in [0.05, 0.1) is 10.2 Å². The van der Waals surface area contributed by atoms with Gasteiger partial charge in [0.2, 0.25) is 0 Å². The predicted octanol–water partition coefficient (Wildman–Crippen LogP) is 2.76. The summed E-state index contributed by atoms with van der Waals surface area (Å²) in [7, 11) is 0. The molecule has 9 nitrogen and oxygen atoms in total. The topological polar surface area (TPSA) is 144 Å². The van der Waals surface area contributed by atoms with E-state index in [9.17, 15) is 0 Å². The summed E-state index contributed by atoms with van der Waals surface area (Å²) in [4.78, 5) is 16.5. The third-order valence-corrected chi connectivity index (χ3v) is 3.68. The Balaban J connectivity index is 0. The second kappa shape index (κ2) is 15.0. The zero-order valence-electron chi connectivity index (χ0n) is 12.4. The molecule has 132 valence electrons. The Morgan fingerprint density at radius 3 is 1.09 bits per heavy atom. The van der Waals surface area contributed by atoms with Gasteiger partial charge in [0.15, 0.2) is 0 Å². The van der Waals surface area contributed by atoms with Crippen LogP contribution in [0.25, 0.3) is 0 Å². The van der Waals surface area contributed by atoms with Gasteiger partial charge in [0.25, 0.3) is 0 Å². The van der Waals surface area contributed by atoms with E-state index >= 15 is 0 Å². The summed E-state index contributed by atoms with van der Waals surface area (Å²) < 4.78 is 0.